The predicted molar refractivity (Wildman–Crippen MR) is 90.1 cm³/mol. The van der Waals surface area contributed by atoms with Crippen molar-refractivity contribution in [1.82, 2.24) is 4.90 Å². The zero-order chi connectivity index (χ0) is 16.9. The van der Waals surface area contributed by atoms with E-state index in [2.05, 4.69) is 15.1 Å². The van der Waals surface area contributed by atoms with Crippen LogP contribution < -0.4 is 10.2 Å². The van der Waals surface area contributed by atoms with Crippen LogP contribution in [0.2, 0.25) is 0 Å². The summed E-state index contributed by atoms with van der Waals surface area (Å²) in [6, 6.07) is 12.3. The van der Waals surface area contributed by atoms with Crippen molar-refractivity contribution in [2.24, 2.45) is 0 Å². The molecule has 0 atom stereocenters. The quantitative estimate of drug-likeness (QED) is 0.936. The van der Waals surface area contributed by atoms with Crippen molar-refractivity contribution in [2.75, 3.05) is 42.9 Å². The number of anilines is 2. The van der Waals surface area contributed by atoms with Gasteiger partial charge in [-0.3, -0.25) is 9.69 Å². The number of rotatable bonds is 4. The number of benzene rings is 2. The Labute approximate surface area is 139 Å². The summed E-state index contributed by atoms with van der Waals surface area (Å²) in [6.45, 7) is 3.31. The maximum Gasteiger partial charge on any atom is 0.238 e. The summed E-state index contributed by atoms with van der Waals surface area (Å²) in [6.07, 6.45) is 0. The van der Waals surface area contributed by atoms with E-state index in [-0.39, 0.29) is 24.1 Å². The molecular weight excluding hydrogens is 312 g/mol. The van der Waals surface area contributed by atoms with Gasteiger partial charge in [-0.05, 0) is 42.5 Å². The highest BCUT2D eigenvalue weighted by atomic mass is 19.1. The number of hydrogen-bond donors (Lipinski definition) is 1. The van der Waals surface area contributed by atoms with Gasteiger partial charge in [0.15, 0.2) is 0 Å². The molecule has 0 bridgehead atoms. The van der Waals surface area contributed by atoms with Crippen molar-refractivity contribution in [2.45, 2.75) is 0 Å². The van der Waals surface area contributed by atoms with Crippen LogP contribution in [0.15, 0.2) is 48.5 Å². The molecule has 1 amide bonds. The molecule has 0 spiro atoms. The first-order chi connectivity index (χ1) is 11.6. The second-order valence-corrected chi connectivity index (χ2v) is 5.80. The van der Waals surface area contributed by atoms with Gasteiger partial charge in [-0.1, -0.05) is 6.07 Å². The minimum atomic E-state index is -0.374. The molecule has 24 heavy (non-hydrogen) atoms. The molecule has 1 N–H and O–H groups in total. The van der Waals surface area contributed by atoms with E-state index in [4.69, 9.17) is 0 Å². The van der Waals surface area contributed by atoms with Gasteiger partial charge in [-0.2, -0.15) is 0 Å². The fourth-order valence-electron chi connectivity index (χ4n) is 2.79. The monoisotopic (exact) mass is 331 g/mol. The van der Waals surface area contributed by atoms with Crippen LogP contribution in [0.4, 0.5) is 20.2 Å². The van der Waals surface area contributed by atoms with Gasteiger partial charge >= 0.3 is 0 Å². The van der Waals surface area contributed by atoms with Crippen LogP contribution in [0.1, 0.15) is 0 Å². The maximum atomic E-state index is 13.1. The fourth-order valence-corrected chi connectivity index (χ4v) is 2.79. The first-order valence-electron chi connectivity index (χ1n) is 7.88. The van der Waals surface area contributed by atoms with Crippen LogP contribution in [0.3, 0.4) is 0 Å². The molecule has 4 nitrogen and oxygen atoms in total. The fraction of sp³-hybridized carbons (Fsp3) is 0.278. The summed E-state index contributed by atoms with van der Waals surface area (Å²) in [5.41, 5.74) is 1.45. The Balaban J connectivity index is 1.48. The highest BCUT2D eigenvalue weighted by molar-refractivity contribution is 5.92. The number of hydrogen-bond acceptors (Lipinski definition) is 3. The summed E-state index contributed by atoms with van der Waals surface area (Å²) >= 11 is 0. The van der Waals surface area contributed by atoms with Crippen molar-refractivity contribution >= 4 is 17.3 Å². The molecule has 1 aliphatic heterocycles. The van der Waals surface area contributed by atoms with Gasteiger partial charge in [0.05, 0.1) is 6.54 Å². The third-order valence-corrected chi connectivity index (χ3v) is 4.04. The largest absolute Gasteiger partial charge is 0.369 e. The van der Waals surface area contributed by atoms with Crippen molar-refractivity contribution in [1.29, 1.82) is 0 Å². The van der Waals surface area contributed by atoms with E-state index in [1.807, 2.05) is 0 Å². The summed E-state index contributed by atoms with van der Waals surface area (Å²) < 4.78 is 26.1. The van der Waals surface area contributed by atoms with E-state index < -0.39 is 0 Å². The summed E-state index contributed by atoms with van der Waals surface area (Å²) in [4.78, 5) is 16.3. The smallest absolute Gasteiger partial charge is 0.238 e. The molecule has 0 aromatic heterocycles. The number of carbonyl (C=O) groups excluding carboxylic acids is 1. The van der Waals surface area contributed by atoms with Crippen molar-refractivity contribution < 1.29 is 13.6 Å². The lowest BCUT2D eigenvalue weighted by atomic mass is 10.2. The molecule has 1 aliphatic rings. The van der Waals surface area contributed by atoms with Crippen molar-refractivity contribution in [3.05, 3.63) is 60.2 Å². The minimum Gasteiger partial charge on any atom is -0.369 e. The lowest BCUT2D eigenvalue weighted by molar-refractivity contribution is -0.117. The molecule has 0 radical (unpaired) electrons. The van der Waals surface area contributed by atoms with E-state index in [0.29, 0.717) is 5.69 Å². The number of nitrogens with zero attached hydrogens (tertiary/aromatic N) is 2. The van der Waals surface area contributed by atoms with Crippen LogP contribution in [0.5, 0.6) is 0 Å². The zero-order valence-corrected chi connectivity index (χ0v) is 13.2. The SMILES string of the molecule is O=C(CN1CCN(c2ccc(F)cc2)CC1)Nc1cccc(F)c1. The average Bonchev–Trinajstić information content (AvgIpc) is 2.56. The van der Waals surface area contributed by atoms with E-state index >= 15 is 0 Å². The van der Waals surface area contributed by atoms with Gasteiger partial charge in [0.1, 0.15) is 11.6 Å². The molecule has 2 aromatic carbocycles. The van der Waals surface area contributed by atoms with Crippen LogP contribution in [0, 0.1) is 11.6 Å². The van der Waals surface area contributed by atoms with Gasteiger partial charge in [-0.15, -0.1) is 0 Å². The molecular formula is C18H19F2N3O. The Kier molecular flexibility index (Phi) is 5.05. The average molecular weight is 331 g/mol. The van der Waals surface area contributed by atoms with E-state index in [9.17, 15) is 13.6 Å². The Morgan fingerprint density at radius 1 is 0.958 bits per heavy atom. The Morgan fingerprint density at radius 2 is 1.67 bits per heavy atom. The van der Waals surface area contributed by atoms with E-state index in [0.717, 1.165) is 31.9 Å². The number of amides is 1. The van der Waals surface area contributed by atoms with E-state index in [1.165, 1.54) is 24.3 Å². The van der Waals surface area contributed by atoms with Crippen LogP contribution in [0.25, 0.3) is 0 Å². The van der Waals surface area contributed by atoms with Gasteiger partial charge in [0.2, 0.25) is 5.91 Å². The maximum absolute atomic E-state index is 13.1. The molecule has 0 aliphatic carbocycles. The third-order valence-electron chi connectivity index (χ3n) is 4.04. The molecule has 126 valence electrons. The van der Waals surface area contributed by atoms with Crippen LogP contribution in [-0.2, 0) is 4.79 Å². The highest BCUT2D eigenvalue weighted by Crippen LogP contribution is 2.17. The van der Waals surface area contributed by atoms with Gasteiger partial charge in [0.25, 0.3) is 0 Å². The number of piperazine rings is 1. The first-order valence-corrected chi connectivity index (χ1v) is 7.88. The summed E-state index contributed by atoms with van der Waals surface area (Å²) in [5, 5.41) is 2.70. The molecule has 2 aromatic rings. The van der Waals surface area contributed by atoms with Crippen LogP contribution in [-0.4, -0.2) is 43.5 Å². The number of nitrogens with one attached hydrogen (secondary N) is 1. The van der Waals surface area contributed by atoms with Crippen molar-refractivity contribution in [3.8, 4) is 0 Å². The Morgan fingerprint density at radius 3 is 2.33 bits per heavy atom. The molecule has 6 heteroatoms. The van der Waals surface area contributed by atoms with Gasteiger partial charge in [-0.25, -0.2) is 8.78 Å². The molecule has 1 saturated heterocycles. The zero-order valence-electron chi connectivity index (χ0n) is 13.2. The second-order valence-electron chi connectivity index (χ2n) is 5.80. The predicted octanol–water partition coefficient (Wildman–Crippen LogP) is 2.73. The molecule has 1 heterocycles. The highest BCUT2D eigenvalue weighted by Gasteiger charge is 2.19. The van der Waals surface area contributed by atoms with Crippen LogP contribution >= 0.6 is 0 Å². The normalized spacial score (nSPS) is 15.3. The second kappa shape index (κ2) is 7.40. The number of halogens is 2. The molecule has 0 saturated carbocycles. The van der Waals surface area contributed by atoms with Gasteiger partial charge < -0.3 is 10.2 Å². The molecule has 1 fully saturated rings. The third kappa shape index (κ3) is 4.29. The number of carbonyl (C=O) groups is 1. The Bertz CT molecular complexity index is 698. The van der Waals surface area contributed by atoms with Crippen molar-refractivity contribution in [3.63, 3.8) is 0 Å². The summed E-state index contributed by atoms with van der Waals surface area (Å²) in [7, 11) is 0. The lowest BCUT2D eigenvalue weighted by Gasteiger charge is -2.35. The van der Waals surface area contributed by atoms with Gasteiger partial charge in [0, 0.05) is 37.6 Å². The first kappa shape index (κ1) is 16.4. The topological polar surface area (TPSA) is 35.6 Å². The van der Waals surface area contributed by atoms with E-state index in [1.54, 1.807) is 24.3 Å². The lowest BCUT2D eigenvalue weighted by Crippen LogP contribution is -2.48. The molecule has 3 rings (SSSR count). The standard InChI is InChI=1S/C18H19F2N3O/c19-14-4-6-17(7-5-14)23-10-8-22(9-11-23)13-18(24)21-16-3-1-2-15(20)12-16/h1-7,12H,8-11,13H2,(H,21,24). The minimum absolute atomic E-state index is 0.157. The molecule has 0 unspecified atom stereocenters. The summed E-state index contributed by atoms with van der Waals surface area (Å²) in [5.74, 6) is -0.775. The Hall–Kier alpha value is -2.47.